The normalized spacial score (nSPS) is 27.9. The minimum Gasteiger partial charge on any atom is -0.481 e. The summed E-state index contributed by atoms with van der Waals surface area (Å²) >= 11 is 0. The molecule has 3 rings (SSSR count). The van der Waals surface area contributed by atoms with Crippen LogP contribution in [0.2, 0.25) is 0 Å². The summed E-state index contributed by atoms with van der Waals surface area (Å²) in [6.45, 7) is 0. The number of carbonyl (C=O) groups excluding carboxylic acids is 1. The number of aliphatic carboxylic acids is 1. The van der Waals surface area contributed by atoms with Crippen molar-refractivity contribution >= 4 is 17.6 Å². The van der Waals surface area contributed by atoms with Gasteiger partial charge in [-0.2, -0.15) is 0 Å². The number of nitrogens with zero attached hydrogens (tertiary/aromatic N) is 1. The maximum Gasteiger partial charge on any atom is 0.308 e. The summed E-state index contributed by atoms with van der Waals surface area (Å²) in [7, 11) is 0. The molecule has 3 N–H and O–H groups in total. The number of carbonyl (C=O) groups is 2. The number of hydrogen-bond donors (Lipinski definition) is 2. The molecule has 3 unspecified atom stereocenters. The SMILES string of the molecule is NC(=O)c1ccc(N2C3CCC2C(C(=O)O)C3)c(F)c1. The van der Waals surface area contributed by atoms with Crippen LogP contribution in [0, 0.1) is 11.7 Å². The van der Waals surface area contributed by atoms with Crippen LogP contribution in [-0.4, -0.2) is 29.1 Å². The minimum absolute atomic E-state index is 0.0648. The summed E-state index contributed by atoms with van der Waals surface area (Å²) in [4.78, 5) is 24.1. The molecule has 0 spiro atoms. The quantitative estimate of drug-likeness (QED) is 0.874. The Balaban J connectivity index is 1.94. The second-order valence-electron chi connectivity index (χ2n) is 5.42. The molecule has 2 aliphatic heterocycles. The molecule has 6 heteroatoms. The van der Waals surface area contributed by atoms with Gasteiger partial charge in [-0.1, -0.05) is 0 Å². The second kappa shape index (κ2) is 4.47. The van der Waals surface area contributed by atoms with E-state index < -0.39 is 23.6 Å². The summed E-state index contributed by atoms with van der Waals surface area (Å²) in [5.74, 6) is -2.46. The summed E-state index contributed by atoms with van der Waals surface area (Å²) in [5, 5.41) is 9.20. The van der Waals surface area contributed by atoms with Gasteiger partial charge < -0.3 is 15.7 Å². The maximum atomic E-state index is 14.2. The molecule has 2 aliphatic rings. The summed E-state index contributed by atoms with van der Waals surface area (Å²) < 4.78 is 14.2. The lowest BCUT2D eigenvalue weighted by Crippen LogP contribution is -2.33. The third-order valence-electron chi connectivity index (χ3n) is 4.36. The van der Waals surface area contributed by atoms with Crippen molar-refractivity contribution in [1.29, 1.82) is 0 Å². The average molecular weight is 278 g/mol. The van der Waals surface area contributed by atoms with Gasteiger partial charge in [0.25, 0.3) is 0 Å². The van der Waals surface area contributed by atoms with Crippen molar-refractivity contribution in [3.63, 3.8) is 0 Å². The van der Waals surface area contributed by atoms with Crippen molar-refractivity contribution in [3.8, 4) is 0 Å². The van der Waals surface area contributed by atoms with Crippen molar-refractivity contribution < 1.29 is 19.1 Å². The number of amides is 1. The molecule has 0 aliphatic carbocycles. The van der Waals surface area contributed by atoms with Gasteiger partial charge >= 0.3 is 5.97 Å². The van der Waals surface area contributed by atoms with E-state index >= 15 is 0 Å². The number of anilines is 1. The molecule has 0 saturated carbocycles. The minimum atomic E-state index is -0.823. The monoisotopic (exact) mass is 278 g/mol. The van der Waals surface area contributed by atoms with Gasteiger partial charge in [-0.3, -0.25) is 9.59 Å². The number of benzene rings is 1. The Kier molecular flexibility index (Phi) is 2.88. The van der Waals surface area contributed by atoms with Gasteiger partial charge in [0.1, 0.15) is 5.82 Å². The third kappa shape index (κ3) is 1.83. The van der Waals surface area contributed by atoms with E-state index in [0.29, 0.717) is 12.1 Å². The first-order chi connectivity index (χ1) is 9.49. The first-order valence-corrected chi connectivity index (χ1v) is 6.59. The van der Waals surface area contributed by atoms with Crippen LogP contribution in [0.3, 0.4) is 0 Å². The molecule has 2 saturated heterocycles. The number of carboxylic acids is 1. The standard InChI is InChI=1S/C14H15FN2O3/c15-10-5-7(13(16)18)1-3-12(10)17-8-2-4-11(17)9(6-8)14(19)20/h1,3,5,8-9,11H,2,4,6H2,(H2,16,18)(H,19,20). The number of hydrogen-bond acceptors (Lipinski definition) is 3. The Labute approximate surface area is 115 Å². The van der Waals surface area contributed by atoms with Crippen molar-refractivity contribution in [1.82, 2.24) is 0 Å². The maximum absolute atomic E-state index is 14.2. The Morgan fingerprint density at radius 1 is 1.35 bits per heavy atom. The summed E-state index contributed by atoms with van der Waals surface area (Å²) in [6, 6.07) is 4.02. The molecule has 0 radical (unpaired) electrons. The lowest BCUT2D eigenvalue weighted by atomic mass is 9.89. The molecular formula is C14H15FN2O3. The van der Waals surface area contributed by atoms with E-state index in [-0.39, 0.29) is 17.6 Å². The Morgan fingerprint density at radius 3 is 2.65 bits per heavy atom. The molecule has 1 aromatic carbocycles. The molecule has 1 amide bonds. The van der Waals surface area contributed by atoms with Gasteiger partial charge in [0.15, 0.2) is 0 Å². The highest BCUT2D eigenvalue weighted by atomic mass is 19.1. The molecule has 2 bridgehead atoms. The number of nitrogens with two attached hydrogens (primary N) is 1. The largest absolute Gasteiger partial charge is 0.481 e. The lowest BCUT2D eigenvalue weighted by molar-refractivity contribution is -0.142. The number of primary amides is 1. The van der Waals surface area contributed by atoms with Crippen LogP contribution in [-0.2, 0) is 4.79 Å². The predicted molar refractivity (Wildman–Crippen MR) is 69.9 cm³/mol. The predicted octanol–water partition coefficient (Wildman–Crippen LogP) is 1.37. The molecule has 5 nitrogen and oxygen atoms in total. The van der Waals surface area contributed by atoms with Gasteiger partial charge in [-0.25, -0.2) is 4.39 Å². The first kappa shape index (κ1) is 12.9. The zero-order valence-corrected chi connectivity index (χ0v) is 10.8. The van der Waals surface area contributed by atoms with E-state index in [0.717, 1.165) is 18.9 Å². The van der Waals surface area contributed by atoms with Gasteiger partial charge in [0.05, 0.1) is 11.6 Å². The van der Waals surface area contributed by atoms with E-state index in [1.165, 1.54) is 12.1 Å². The van der Waals surface area contributed by atoms with Crippen LogP contribution >= 0.6 is 0 Å². The highest BCUT2D eigenvalue weighted by molar-refractivity contribution is 5.93. The number of fused-ring (bicyclic) bond motifs is 2. The van der Waals surface area contributed by atoms with Gasteiger partial charge in [-0.05, 0) is 37.5 Å². The summed E-state index contributed by atoms with van der Waals surface area (Å²) in [5.41, 5.74) is 5.60. The number of rotatable bonds is 3. The number of carboxylic acid groups (broad SMARTS) is 1. The topological polar surface area (TPSA) is 83.6 Å². The van der Waals surface area contributed by atoms with Crippen LogP contribution in [0.1, 0.15) is 29.6 Å². The first-order valence-electron chi connectivity index (χ1n) is 6.59. The average Bonchev–Trinajstić information content (AvgIpc) is 2.96. The van der Waals surface area contributed by atoms with Crippen molar-refractivity contribution in [2.45, 2.75) is 31.3 Å². The van der Waals surface area contributed by atoms with Crippen LogP contribution in [0.25, 0.3) is 0 Å². The Hall–Kier alpha value is -2.11. The highest BCUT2D eigenvalue weighted by Gasteiger charge is 2.49. The van der Waals surface area contributed by atoms with Crippen molar-refractivity contribution in [2.75, 3.05) is 4.90 Å². The molecule has 3 atom stereocenters. The highest BCUT2D eigenvalue weighted by Crippen LogP contribution is 2.45. The Morgan fingerprint density at radius 2 is 2.10 bits per heavy atom. The fourth-order valence-corrected chi connectivity index (χ4v) is 3.50. The molecule has 2 heterocycles. The van der Waals surface area contributed by atoms with E-state index in [9.17, 15) is 19.1 Å². The smallest absolute Gasteiger partial charge is 0.308 e. The van der Waals surface area contributed by atoms with Crippen LogP contribution in [0.5, 0.6) is 0 Å². The van der Waals surface area contributed by atoms with Crippen LogP contribution < -0.4 is 10.6 Å². The molecule has 106 valence electrons. The summed E-state index contributed by atoms with van der Waals surface area (Å²) in [6.07, 6.45) is 2.20. The van der Waals surface area contributed by atoms with Crippen LogP contribution in [0.4, 0.5) is 10.1 Å². The molecule has 1 aromatic rings. The third-order valence-corrected chi connectivity index (χ3v) is 4.36. The van der Waals surface area contributed by atoms with Crippen molar-refractivity contribution in [3.05, 3.63) is 29.6 Å². The zero-order valence-electron chi connectivity index (χ0n) is 10.8. The number of halogens is 1. The van der Waals surface area contributed by atoms with Crippen molar-refractivity contribution in [2.24, 2.45) is 11.7 Å². The Bertz CT molecular complexity index is 590. The molecule has 0 aromatic heterocycles. The lowest BCUT2D eigenvalue weighted by Gasteiger charge is -2.26. The van der Waals surface area contributed by atoms with E-state index in [1.54, 1.807) is 0 Å². The van der Waals surface area contributed by atoms with Crippen LogP contribution in [0.15, 0.2) is 18.2 Å². The zero-order chi connectivity index (χ0) is 14.4. The van der Waals surface area contributed by atoms with E-state index in [2.05, 4.69) is 0 Å². The molecule has 20 heavy (non-hydrogen) atoms. The van der Waals surface area contributed by atoms with E-state index in [1.807, 2.05) is 4.90 Å². The van der Waals surface area contributed by atoms with Gasteiger partial charge in [0.2, 0.25) is 5.91 Å². The van der Waals surface area contributed by atoms with Gasteiger partial charge in [-0.15, -0.1) is 0 Å². The molecule has 2 fully saturated rings. The fraction of sp³-hybridized carbons (Fsp3) is 0.429. The van der Waals surface area contributed by atoms with E-state index in [4.69, 9.17) is 5.73 Å². The molecular weight excluding hydrogens is 263 g/mol. The fourth-order valence-electron chi connectivity index (χ4n) is 3.50. The van der Waals surface area contributed by atoms with Gasteiger partial charge in [0, 0.05) is 17.6 Å². The second-order valence-corrected chi connectivity index (χ2v) is 5.42.